The summed E-state index contributed by atoms with van der Waals surface area (Å²) in [6.45, 7) is 0.621. The van der Waals surface area contributed by atoms with Crippen LogP contribution in [0.1, 0.15) is 28.8 Å². The third-order valence-electron chi connectivity index (χ3n) is 5.67. The van der Waals surface area contributed by atoms with E-state index in [1.807, 2.05) is 6.07 Å². The second kappa shape index (κ2) is 10.9. The average Bonchev–Trinajstić information content (AvgIpc) is 3.45. The summed E-state index contributed by atoms with van der Waals surface area (Å²) in [6.07, 6.45) is 3.03. The molecular weight excluding hydrogens is 474 g/mol. The van der Waals surface area contributed by atoms with E-state index in [-0.39, 0.29) is 11.3 Å². The number of nitrogens with zero attached hydrogens (tertiary/aromatic N) is 3. The smallest absolute Gasteiger partial charge is 0.255 e. The molecule has 8 nitrogen and oxygen atoms in total. The van der Waals surface area contributed by atoms with Gasteiger partial charge in [-0.25, -0.2) is 5.10 Å². The molecular formula is C27H23N5O3S. The normalized spacial score (nSPS) is 10.9. The number of hydrogen-bond donors (Lipinski definition) is 2. The first kappa shape index (κ1) is 23.4. The van der Waals surface area contributed by atoms with Gasteiger partial charge in [0.2, 0.25) is 0 Å². The number of aryl methyl sites for hydroxylation is 1. The number of benzene rings is 3. The minimum absolute atomic E-state index is 0.170. The monoisotopic (exact) mass is 497 g/mol. The number of nitrogens with one attached hydrogen (secondary N) is 2. The Hall–Kier alpha value is -4.37. The van der Waals surface area contributed by atoms with Crippen LogP contribution in [0.3, 0.4) is 0 Å². The highest BCUT2D eigenvalue weighted by Gasteiger charge is 2.13. The van der Waals surface area contributed by atoms with E-state index in [0.717, 1.165) is 25.0 Å². The summed E-state index contributed by atoms with van der Waals surface area (Å²) in [7, 11) is 0. The number of hydrogen-bond acceptors (Lipinski definition) is 7. The Bertz CT molecular complexity index is 1520. The van der Waals surface area contributed by atoms with Gasteiger partial charge in [0.05, 0.1) is 21.9 Å². The maximum Gasteiger partial charge on any atom is 0.255 e. The Morgan fingerprint density at radius 2 is 1.81 bits per heavy atom. The molecule has 0 atom stereocenters. The third-order valence-corrected chi connectivity index (χ3v) is 6.84. The van der Waals surface area contributed by atoms with Crippen LogP contribution in [0, 0.1) is 0 Å². The average molecular weight is 498 g/mol. The van der Waals surface area contributed by atoms with E-state index in [1.165, 1.54) is 23.0 Å². The van der Waals surface area contributed by atoms with E-state index in [0.29, 0.717) is 38.6 Å². The van der Waals surface area contributed by atoms with E-state index >= 15 is 0 Å². The van der Waals surface area contributed by atoms with Crippen molar-refractivity contribution in [1.29, 1.82) is 0 Å². The van der Waals surface area contributed by atoms with Crippen LogP contribution in [0.2, 0.25) is 0 Å². The lowest BCUT2D eigenvalue weighted by atomic mass is 10.1. The Kier molecular flexibility index (Phi) is 7.09. The number of carbonyl (C=O) groups is 1. The highest BCUT2D eigenvalue weighted by atomic mass is 32.1. The van der Waals surface area contributed by atoms with Crippen LogP contribution in [0.4, 0.5) is 5.69 Å². The van der Waals surface area contributed by atoms with E-state index < -0.39 is 0 Å². The highest BCUT2D eigenvalue weighted by molar-refractivity contribution is 7.22. The molecule has 5 aromatic rings. The number of rotatable bonds is 9. The van der Waals surface area contributed by atoms with Gasteiger partial charge in [-0.2, -0.15) is 0 Å². The first-order valence-electron chi connectivity index (χ1n) is 11.6. The number of amides is 1. The maximum absolute atomic E-state index is 12.9. The molecule has 0 fully saturated rings. The molecule has 2 N–H and O–H groups in total. The fourth-order valence-electron chi connectivity index (χ4n) is 3.82. The van der Waals surface area contributed by atoms with Crippen molar-refractivity contribution in [1.82, 2.24) is 20.6 Å². The summed E-state index contributed by atoms with van der Waals surface area (Å²) in [5, 5.41) is 17.1. The van der Waals surface area contributed by atoms with E-state index in [9.17, 15) is 9.59 Å². The molecule has 0 spiro atoms. The second-order valence-electron chi connectivity index (χ2n) is 8.18. The van der Waals surface area contributed by atoms with Gasteiger partial charge in [-0.05, 0) is 71.7 Å². The molecule has 5 rings (SSSR count). The highest BCUT2D eigenvalue weighted by Crippen LogP contribution is 2.31. The molecule has 0 aliphatic rings. The minimum atomic E-state index is -0.275. The lowest BCUT2D eigenvalue weighted by molar-refractivity contribution is 0.102. The van der Waals surface area contributed by atoms with Gasteiger partial charge < -0.3 is 10.1 Å². The summed E-state index contributed by atoms with van der Waals surface area (Å²) in [5.74, 6) is 0.846. The number of ether oxygens (including phenoxy) is 1. The predicted molar refractivity (Wildman–Crippen MR) is 141 cm³/mol. The zero-order valence-electron chi connectivity index (χ0n) is 19.3. The van der Waals surface area contributed by atoms with Crippen molar-refractivity contribution in [3.8, 4) is 16.5 Å². The molecule has 0 saturated heterocycles. The van der Waals surface area contributed by atoms with Crippen molar-refractivity contribution in [2.45, 2.75) is 19.3 Å². The number of aromatic amines is 1. The first-order chi connectivity index (χ1) is 17.7. The van der Waals surface area contributed by atoms with Gasteiger partial charge in [-0.1, -0.05) is 36.4 Å². The molecule has 36 heavy (non-hydrogen) atoms. The van der Waals surface area contributed by atoms with Gasteiger partial charge in [0.15, 0.2) is 11.3 Å². The number of carbonyl (C=O) groups excluding carboxylic acids is 1. The SMILES string of the molecule is O=C(Nc1cccc2c(=O)cc(-c3nnn[nH]3)sc12)c1ccc(OCCCCc2ccccc2)cc1. The summed E-state index contributed by atoms with van der Waals surface area (Å²) in [6, 6.07) is 24.2. The summed E-state index contributed by atoms with van der Waals surface area (Å²) in [5.41, 5.74) is 2.20. The number of anilines is 1. The molecule has 0 unspecified atom stereocenters. The molecule has 1 amide bonds. The topological polar surface area (TPSA) is 110 Å². The van der Waals surface area contributed by atoms with Crippen molar-refractivity contribution in [2.75, 3.05) is 11.9 Å². The van der Waals surface area contributed by atoms with Crippen LogP contribution in [0.25, 0.3) is 20.8 Å². The second-order valence-corrected chi connectivity index (χ2v) is 9.23. The molecule has 0 aliphatic heterocycles. The molecule has 0 bridgehead atoms. The van der Waals surface area contributed by atoms with Crippen LogP contribution >= 0.6 is 11.3 Å². The van der Waals surface area contributed by atoms with Crippen LogP contribution < -0.4 is 15.5 Å². The van der Waals surface area contributed by atoms with Crippen LogP contribution in [-0.4, -0.2) is 33.1 Å². The van der Waals surface area contributed by atoms with Gasteiger partial charge >= 0.3 is 0 Å². The molecule has 2 heterocycles. The van der Waals surface area contributed by atoms with E-state index in [1.54, 1.807) is 42.5 Å². The lowest BCUT2D eigenvalue weighted by Gasteiger charge is -2.10. The first-order valence-corrected chi connectivity index (χ1v) is 12.4. The lowest BCUT2D eigenvalue weighted by Crippen LogP contribution is -2.12. The number of H-pyrrole nitrogens is 1. The van der Waals surface area contributed by atoms with Gasteiger partial charge in [0, 0.05) is 17.0 Å². The van der Waals surface area contributed by atoms with Gasteiger partial charge in [-0.15, -0.1) is 16.4 Å². The van der Waals surface area contributed by atoms with Crippen LogP contribution in [-0.2, 0) is 6.42 Å². The molecule has 9 heteroatoms. The predicted octanol–water partition coefficient (Wildman–Crippen LogP) is 5.10. The number of tetrazole rings is 1. The van der Waals surface area contributed by atoms with Gasteiger partial charge in [0.25, 0.3) is 5.91 Å². The van der Waals surface area contributed by atoms with Crippen molar-refractivity contribution in [3.05, 3.63) is 100 Å². The van der Waals surface area contributed by atoms with Crippen molar-refractivity contribution < 1.29 is 9.53 Å². The summed E-state index contributed by atoms with van der Waals surface area (Å²) in [4.78, 5) is 26.2. The number of unbranched alkanes of at least 4 members (excludes halogenated alkanes) is 1. The Balaban J connectivity index is 1.22. The van der Waals surface area contributed by atoms with Gasteiger partial charge in [0.1, 0.15) is 5.75 Å². The fourth-order valence-corrected chi connectivity index (χ4v) is 4.90. The molecule has 0 saturated carbocycles. The third kappa shape index (κ3) is 5.47. The fraction of sp³-hybridized carbons (Fsp3) is 0.148. The quantitative estimate of drug-likeness (QED) is 0.274. The van der Waals surface area contributed by atoms with Crippen molar-refractivity contribution >= 4 is 33.0 Å². The minimum Gasteiger partial charge on any atom is -0.494 e. The largest absolute Gasteiger partial charge is 0.494 e. The Morgan fingerprint density at radius 3 is 2.58 bits per heavy atom. The van der Waals surface area contributed by atoms with Crippen molar-refractivity contribution in [3.63, 3.8) is 0 Å². The Morgan fingerprint density at radius 1 is 0.972 bits per heavy atom. The molecule has 0 aliphatic carbocycles. The molecule has 180 valence electrons. The zero-order chi connectivity index (χ0) is 24.7. The van der Waals surface area contributed by atoms with Crippen molar-refractivity contribution in [2.24, 2.45) is 0 Å². The number of fused-ring (bicyclic) bond motifs is 1. The molecule has 0 radical (unpaired) electrons. The summed E-state index contributed by atoms with van der Waals surface area (Å²) >= 11 is 1.33. The molecule has 2 aromatic heterocycles. The zero-order valence-corrected chi connectivity index (χ0v) is 20.1. The van der Waals surface area contributed by atoms with Gasteiger partial charge in [-0.3, -0.25) is 9.59 Å². The Labute approximate surface area is 211 Å². The standard InChI is InChI=1S/C27H23N5O3S/c33-23-17-24(26-29-31-32-30-26)36-25-21(23)10-6-11-22(25)28-27(34)19-12-14-20(15-13-19)35-16-5-4-9-18-7-2-1-3-8-18/h1-3,6-8,10-15,17H,4-5,9,16H2,(H,28,34)(H,29,30,31,32). The van der Waals surface area contributed by atoms with E-state index in [2.05, 4.69) is 50.2 Å². The van der Waals surface area contributed by atoms with E-state index in [4.69, 9.17) is 4.74 Å². The number of aromatic nitrogens is 4. The molecule has 3 aromatic carbocycles. The maximum atomic E-state index is 12.9. The van der Waals surface area contributed by atoms with Crippen LogP contribution in [0.5, 0.6) is 5.75 Å². The summed E-state index contributed by atoms with van der Waals surface area (Å²) < 4.78 is 6.49. The van der Waals surface area contributed by atoms with Crippen LogP contribution in [0.15, 0.2) is 83.7 Å².